The van der Waals surface area contributed by atoms with Crippen molar-refractivity contribution in [3.63, 3.8) is 0 Å². The number of hydrogen-bond acceptors (Lipinski definition) is 3. The second-order valence-electron chi connectivity index (χ2n) is 8.06. The van der Waals surface area contributed by atoms with E-state index in [1.54, 1.807) is 6.07 Å². The third-order valence-corrected chi connectivity index (χ3v) is 6.27. The average molecular weight is 360 g/mol. The minimum absolute atomic E-state index is 0.0852. The van der Waals surface area contributed by atoms with Crippen molar-refractivity contribution in [1.82, 2.24) is 10.2 Å². The number of likely N-dealkylation sites (tertiary alicyclic amines) is 1. The van der Waals surface area contributed by atoms with Crippen molar-refractivity contribution in [2.75, 3.05) is 32.8 Å². The van der Waals surface area contributed by atoms with Crippen LogP contribution in [-0.2, 0) is 11.2 Å². The molecule has 4 nitrogen and oxygen atoms in total. The van der Waals surface area contributed by atoms with E-state index in [-0.39, 0.29) is 18.1 Å². The van der Waals surface area contributed by atoms with Crippen molar-refractivity contribution >= 4 is 5.91 Å². The molecule has 142 valence electrons. The number of rotatable bonds is 7. The molecule has 2 atom stereocenters. The first-order valence-electron chi connectivity index (χ1n) is 10.1. The largest absolute Gasteiger partial charge is 0.491 e. The molecule has 26 heavy (non-hydrogen) atoms. The van der Waals surface area contributed by atoms with Crippen LogP contribution in [0.25, 0.3) is 0 Å². The van der Waals surface area contributed by atoms with E-state index in [2.05, 4.69) is 5.32 Å². The maximum Gasteiger partial charge on any atom is 0.226 e. The van der Waals surface area contributed by atoms with Crippen LogP contribution in [-0.4, -0.2) is 43.6 Å². The third-order valence-electron chi connectivity index (χ3n) is 6.27. The highest BCUT2D eigenvalue weighted by atomic mass is 19.1. The first-order chi connectivity index (χ1) is 12.7. The SMILES string of the molecule is O=C(Cc1ccc(OCC[C@@H]2C[C@@H]2C2CCNCC2)c(F)c1)N1CCC1. The van der Waals surface area contributed by atoms with Gasteiger partial charge < -0.3 is 15.0 Å². The van der Waals surface area contributed by atoms with Gasteiger partial charge in [0.2, 0.25) is 5.91 Å². The monoisotopic (exact) mass is 360 g/mol. The van der Waals surface area contributed by atoms with E-state index < -0.39 is 0 Å². The minimum atomic E-state index is -0.357. The molecule has 1 saturated carbocycles. The van der Waals surface area contributed by atoms with Crippen molar-refractivity contribution in [1.29, 1.82) is 0 Å². The van der Waals surface area contributed by atoms with Crippen LogP contribution in [0.3, 0.4) is 0 Å². The maximum absolute atomic E-state index is 14.2. The van der Waals surface area contributed by atoms with Gasteiger partial charge in [0.25, 0.3) is 0 Å². The van der Waals surface area contributed by atoms with Gasteiger partial charge in [0.15, 0.2) is 11.6 Å². The molecule has 3 fully saturated rings. The Morgan fingerprint density at radius 1 is 1.27 bits per heavy atom. The lowest BCUT2D eigenvalue weighted by molar-refractivity contribution is -0.133. The van der Waals surface area contributed by atoms with Gasteiger partial charge in [-0.15, -0.1) is 0 Å². The quantitative estimate of drug-likeness (QED) is 0.813. The molecule has 0 aromatic heterocycles. The van der Waals surface area contributed by atoms with Crippen LogP contribution in [0.1, 0.15) is 37.7 Å². The van der Waals surface area contributed by atoms with Crippen LogP contribution in [0, 0.1) is 23.6 Å². The van der Waals surface area contributed by atoms with Crippen LogP contribution < -0.4 is 10.1 Å². The van der Waals surface area contributed by atoms with Crippen molar-refractivity contribution in [2.45, 2.75) is 38.5 Å². The van der Waals surface area contributed by atoms with Crippen molar-refractivity contribution in [3.05, 3.63) is 29.6 Å². The Kier molecular flexibility index (Phi) is 5.44. The summed E-state index contributed by atoms with van der Waals surface area (Å²) >= 11 is 0. The van der Waals surface area contributed by atoms with Crippen LogP contribution in [0.5, 0.6) is 5.75 Å². The molecule has 1 aromatic carbocycles. The summed E-state index contributed by atoms with van der Waals surface area (Å²) in [4.78, 5) is 13.8. The average Bonchev–Trinajstić information content (AvgIpc) is 3.35. The van der Waals surface area contributed by atoms with E-state index >= 15 is 0 Å². The normalized spacial score (nSPS) is 25.7. The molecule has 0 unspecified atom stereocenters. The smallest absolute Gasteiger partial charge is 0.226 e. The summed E-state index contributed by atoms with van der Waals surface area (Å²) < 4.78 is 19.9. The Morgan fingerprint density at radius 3 is 2.77 bits per heavy atom. The second-order valence-corrected chi connectivity index (χ2v) is 8.06. The Bertz CT molecular complexity index is 641. The van der Waals surface area contributed by atoms with Gasteiger partial charge in [-0.05, 0) is 80.6 Å². The first kappa shape index (κ1) is 17.8. The molecule has 0 radical (unpaired) electrons. The number of piperidine rings is 1. The summed E-state index contributed by atoms with van der Waals surface area (Å²) in [5.41, 5.74) is 0.722. The number of amides is 1. The molecule has 3 aliphatic rings. The Hall–Kier alpha value is -1.62. The number of carbonyl (C=O) groups excluding carboxylic acids is 1. The van der Waals surface area contributed by atoms with E-state index in [0.29, 0.717) is 12.4 Å². The van der Waals surface area contributed by atoms with Crippen LogP contribution in [0.2, 0.25) is 0 Å². The van der Waals surface area contributed by atoms with Gasteiger partial charge in [-0.2, -0.15) is 0 Å². The fraction of sp³-hybridized carbons (Fsp3) is 0.667. The summed E-state index contributed by atoms with van der Waals surface area (Å²) in [5.74, 6) is 2.53. The highest BCUT2D eigenvalue weighted by Crippen LogP contribution is 2.49. The number of hydrogen-bond donors (Lipinski definition) is 1. The zero-order chi connectivity index (χ0) is 17.9. The van der Waals surface area contributed by atoms with Crippen LogP contribution in [0.4, 0.5) is 4.39 Å². The fourth-order valence-electron chi connectivity index (χ4n) is 4.40. The molecule has 2 saturated heterocycles. The number of nitrogens with one attached hydrogen (secondary N) is 1. The molecule has 5 heteroatoms. The van der Waals surface area contributed by atoms with Gasteiger partial charge in [0.1, 0.15) is 0 Å². The predicted octanol–water partition coefficient (Wildman–Crippen LogP) is 3.01. The Labute approximate surface area is 155 Å². The molecular weight excluding hydrogens is 331 g/mol. The topological polar surface area (TPSA) is 41.6 Å². The standard InChI is InChI=1S/C21H29FN2O2/c22-19-12-15(13-21(25)24-9-1-10-24)2-3-20(19)26-11-6-17-14-18(17)16-4-7-23-8-5-16/h2-3,12,16-18,23H,1,4-11,13-14H2/t17-,18-/m1/s1. The summed E-state index contributed by atoms with van der Waals surface area (Å²) in [6, 6.07) is 4.93. The lowest BCUT2D eigenvalue weighted by Crippen LogP contribution is -2.42. The van der Waals surface area contributed by atoms with E-state index in [1.807, 2.05) is 11.0 Å². The molecule has 1 amide bonds. The van der Waals surface area contributed by atoms with Gasteiger partial charge in [-0.1, -0.05) is 6.07 Å². The zero-order valence-electron chi connectivity index (χ0n) is 15.4. The Balaban J connectivity index is 1.20. The minimum Gasteiger partial charge on any atom is -0.491 e. The van der Waals surface area contributed by atoms with Crippen LogP contribution >= 0.6 is 0 Å². The van der Waals surface area contributed by atoms with Crippen molar-refractivity contribution in [3.8, 4) is 5.75 Å². The predicted molar refractivity (Wildman–Crippen MR) is 98.6 cm³/mol. The highest BCUT2D eigenvalue weighted by molar-refractivity contribution is 5.79. The molecule has 4 rings (SSSR count). The van der Waals surface area contributed by atoms with E-state index in [1.165, 1.54) is 25.3 Å². The van der Waals surface area contributed by atoms with Gasteiger partial charge in [-0.25, -0.2) is 4.39 Å². The molecule has 2 aliphatic heterocycles. The number of halogens is 1. The summed E-state index contributed by atoms with van der Waals surface area (Å²) in [5, 5.41) is 3.42. The van der Waals surface area contributed by atoms with Gasteiger partial charge in [-0.3, -0.25) is 4.79 Å². The summed E-state index contributed by atoms with van der Waals surface area (Å²) in [7, 11) is 0. The number of nitrogens with zero attached hydrogens (tertiary/aromatic N) is 1. The molecule has 0 spiro atoms. The lowest BCUT2D eigenvalue weighted by atomic mass is 9.91. The third kappa shape index (κ3) is 4.20. The van der Waals surface area contributed by atoms with Crippen molar-refractivity contribution < 1.29 is 13.9 Å². The number of benzene rings is 1. The van der Waals surface area contributed by atoms with E-state index in [0.717, 1.165) is 62.3 Å². The highest BCUT2D eigenvalue weighted by Gasteiger charge is 2.42. The molecular formula is C21H29FN2O2. The van der Waals surface area contributed by atoms with Crippen LogP contribution in [0.15, 0.2) is 18.2 Å². The molecule has 2 heterocycles. The number of ether oxygens (including phenoxy) is 1. The van der Waals surface area contributed by atoms with Crippen molar-refractivity contribution in [2.24, 2.45) is 17.8 Å². The maximum atomic E-state index is 14.2. The first-order valence-corrected chi connectivity index (χ1v) is 10.1. The van der Waals surface area contributed by atoms with Gasteiger partial charge in [0.05, 0.1) is 13.0 Å². The summed E-state index contributed by atoms with van der Waals surface area (Å²) in [6.07, 6.45) is 6.28. The van der Waals surface area contributed by atoms with Gasteiger partial charge >= 0.3 is 0 Å². The summed E-state index contributed by atoms with van der Waals surface area (Å²) in [6.45, 7) is 4.56. The number of carbonyl (C=O) groups is 1. The van der Waals surface area contributed by atoms with E-state index in [9.17, 15) is 9.18 Å². The van der Waals surface area contributed by atoms with E-state index in [4.69, 9.17) is 4.74 Å². The zero-order valence-corrected chi connectivity index (χ0v) is 15.4. The second kappa shape index (κ2) is 7.95. The molecule has 1 aromatic rings. The molecule has 0 bridgehead atoms. The fourth-order valence-corrected chi connectivity index (χ4v) is 4.40. The molecule has 1 N–H and O–H groups in total. The Morgan fingerprint density at radius 2 is 2.08 bits per heavy atom. The lowest BCUT2D eigenvalue weighted by Gasteiger charge is -2.30. The van der Waals surface area contributed by atoms with Gasteiger partial charge in [0, 0.05) is 13.1 Å². The molecule has 1 aliphatic carbocycles.